The predicted octanol–water partition coefficient (Wildman–Crippen LogP) is 3.18. The Bertz CT molecular complexity index is 998. The second-order valence-electron chi connectivity index (χ2n) is 11.0. The van der Waals surface area contributed by atoms with Gasteiger partial charge in [-0.25, -0.2) is 13.1 Å². The van der Waals surface area contributed by atoms with Crippen LogP contribution in [0.25, 0.3) is 0 Å². The summed E-state index contributed by atoms with van der Waals surface area (Å²) in [5.41, 5.74) is -0.916. The Kier molecular flexibility index (Phi) is 5.25. The molecule has 0 spiro atoms. The van der Waals surface area contributed by atoms with Gasteiger partial charge in [-0.1, -0.05) is 6.07 Å². The highest BCUT2D eigenvalue weighted by Crippen LogP contribution is 2.61. The van der Waals surface area contributed by atoms with Gasteiger partial charge in [0, 0.05) is 23.7 Å². The van der Waals surface area contributed by atoms with E-state index < -0.39 is 21.0 Å². The average Bonchev–Trinajstić information content (AvgIpc) is 2.57. The second-order valence-corrected chi connectivity index (χ2v) is 12.7. The molecule has 4 fully saturated rings. The molecule has 1 aromatic carbocycles. The lowest BCUT2D eigenvalue weighted by atomic mass is 9.46. The van der Waals surface area contributed by atoms with Gasteiger partial charge in [0.1, 0.15) is 0 Å². The summed E-state index contributed by atoms with van der Waals surface area (Å²) in [4.78, 5) is 25.5. The summed E-state index contributed by atoms with van der Waals surface area (Å²) in [6, 6.07) is 6.40. The highest BCUT2D eigenvalue weighted by Gasteiger charge is 2.60. The number of nitrogens with one attached hydrogen (secondary N) is 3. The molecule has 4 saturated carbocycles. The summed E-state index contributed by atoms with van der Waals surface area (Å²) in [7, 11) is -3.69. The van der Waals surface area contributed by atoms with Crippen molar-refractivity contribution < 1.29 is 18.0 Å². The third kappa shape index (κ3) is 4.51. The smallest absolute Gasteiger partial charge is 0.241 e. The summed E-state index contributed by atoms with van der Waals surface area (Å²) in [6.07, 6.45) is 5.35. The van der Waals surface area contributed by atoms with E-state index in [0.29, 0.717) is 23.9 Å². The topological polar surface area (TPSA) is 104 Å². The zero-order chi connectivity index (χ0) is 22.7. The predicted molar refractivity (Wildman–Crippen MR) is 119 cm³/mol. The van der Waals surface area contributed by atoms with Gasteiger partial charge in [0.15, 0.2) is 0 Å². The van der Waals surface area contributed by atoms with E-state index >= 15 is 0 Å². The van der Waals surface area contributed by atoms with Crippen LogP contribution in [0, 0.1) is 17.3 Å². The van der Waals surface area contributed by atoms with Gasteiger partial charge in [-0.15, -0.1) is 0 Å². The largest absolute Gasteiger partial charge is 0.351 e. The third-order valence-corrected chi connectivity index (χ3v) is 8.58. The molecule has 2 amide bonds. The molecular formula is C23H33N3O4S. The lowest BCUT2D eigenvalue weighted by molar-refractivity contribution is -0.148. The van der Waals surface area contributed by atoms with Gasteiger partial charge in [-0.05, 0) is 89.3 Å². The van der Waals surface area contributed by atoms with Crippen LogP contribution in [0.3, 0.4) is 0 Å². The van der Waals surface area contributed by atoms with Crippen LogP contribution in [0.1, 0.15) is 66.2 Å². The highest BCUT2D eigenvalue weighted by molar-refractivity contribution is 7.89. The molecule has 0 heterocycles. The van der Waals surface area contributed by atoms with Crippen molar-refractivity contribution in [2.75, 3.05) is 5.32 Å². The Morgan fingerprint density at radius 1 is 1.06 bits per heavy atom. The zero-order valence-corrected chi connectivity index (χ0v) is 19.6. The minimum atomic E-state index is -3.69. The van der Waals surface area contributed by atoms with Gasteiger partial charge in [0.05, 0.1) is 10.3 Å². The third-order valence-electron chi connectivity index (χ3n) is 6.83. The highest BCUT2D eigenvalue weighted by atomic mass is 32.2. The molecule has 7 nitrogen and oxygen atoms in total. The van der Waals surface area contributed by atoms with Gasteiger partial charge >= 0.3 is 0 Å². The summed E-state index contributed by atoms with van der Waals surface area (Å²) >= 11 is 0. The van der Waals surface area contributed by atoms with Crippen LogP contribution in [0.5, 0.6) is 0 Å². The Morgan fingerprint density at radius 3 is 2.29 bits per heavy atom. The van der Waals surface area contributed by atoms with E-state index in [9.17, 15) is 18.0 Å². The quantitative estimate of drug-likeness (QED) is 0.645. The lowest BCUT2D eigenvalue weighted by Crippen LogP contribution is -2.65. The van der Waals surface area contributed by atoms with Crippen LogP contribution in [0.15, 0.2) is 29.2 Å². The van der Waals surface area contributed by atoms with Gasteiger partial charge in [0.25, 0.3) is 0 Å². The maximum Gasteiger partial charge on any atom is 0.241 e. The summed E-state index contributed by atoms with van der Waals surface area (Å²) < 4.78 is 28.0. The molecule has 2 unspecified atom stereocenters. The second kappa shape index (κ2) is 7.30. The minimum absolute atomic E-state index is 0.0400. The van der Waals surface area contributed by atoms with E-state index in [2.05, 4.69) is 15.4 Å². The van der Waals surface area contributed by atoms with Crippen molar-refractivity contribution >= 4 is 27.5 Å². The van der Waals surface area contributed by atoms with Gasteiger partial charge < -0.3 is 10.6 Å². The van der Waals surface area contributed by atoms with Crippen LogP contribution < -0.4 is 15.4 Å². The molecule has 8 heteroatoms. The van der Waals surface area contributed by atoms with Crippen LogP contribution in [-0.2, 0) is 19.6 Å². The summed E-state index contributed by atoms with van der Waals surface area (Å²) in [5, 5.41) is 6.18. The zero-order valence-electron chi connectivity index (χ0n) is 18.7. The lowest BCUT2D eigenvalue weighted by Gasteiger charge is -2.61. The number of sulfonamides is 1. The molecule has 4 aliphatic carbocycles. The molecule has 0 aliphatic heterocycles. The number of hydrogen-bond donors (Lipinski definition) is 3. The first-order valence-electron chi connectivity index (χ1n) is 11.0. The first kappa shape index (κ1) is 22.3. The van der Waals surface area contributed by atoms with Gasteiger partial charge in [0.2, 0.25) is 21.8 Å². The molecule has 1 aromatic rings. The molecule has 0 radical (unpaired) electrons. The monoisotopic (exact) mass is 447 g/mol. The maximum absolute atomic E-state index is 13.5. The normalized spacial score (nSPS) is 32.0. The molecule has 31 heavy (non-hydrogen) atoms. The van der Waals surface area contributed by atoms with Crippen molar-refractivity contribution in [3.05, 3.63) is 24.3 Å². The van der Waals surface area contributed by atoms with Crippen molar-refractivity contribution in [2.24, 2.45) is 17.3 Å². The van der Waals surface area contributed by atoms with Crippen LogP contribution in [0.4, 0.5) is 5.69 Å². The van der Waals surface area contributed by atoms with Crippen LogP contribution >= 0.6 is 0 Å². The van der Waals surface area contributed by atoms with E-state index in [4.69, 9.17) is 0 Å². The van der Waals surface area contributed by atoms with Crippen molar-refractivity contribution in [1.82, 2.24) is 10.0 Å². The number of amides is 2. The Morgan fingerprint density at radius 2 is 1.71 bits per heavy atom. The molecule has 0 saturated heterocycles. The van der Waals surface area contributed by atoms with Crippen molar-refractivity contribution in [1.29, 1.82) is 0 Å². The van der Waals surface area contributed by atoms with Crippen molar-refractivity contribution in [3.8, 4) is 0 Å². The fraction of sp³-hybridized carbons (Fsp3) is 0.652. The van der Waals surface area contributed by atoms with E-state index in [0.717, 1.165) is 32.1 Å². The molecule has 5 rings (SSSR count). The first-order valence-corrected chi connectivity index (χ1v) is 12.5. The van der Waals surface area contributed by atoms with Crippen molar-refractivity contribution in [3.63, 3.8) is 0 Å². The van der Waals surface area contributed by atoms with E-state index in [1.54, 1.807) is 39.8 Å². The Labute approximate surface area is 184 Å². The molecule has 3 N–H and O–H groups in total. The Hall–Kier alpha value is -1.93. The fourth-order valence-corrected chi connectivity index (χ4v) is 7.98. The summed E-state index contributed by atoms with van der Waals surface area (Å²) in [6.45, 7) is 6.90. The van der Waals surface area contributed by atoms with Crippen LogP contribution in [-0.4, -0.2) is 31.3 Å². The number of benzene rings is 1. The van der Waals surface area contributed by atoms with Crippen LogP contribution in [0.2, 0.25) is 0 Å². The fourth-order valence-electron chi connectivity index (χ4n) is 6.51. The average molecular weight is 448 g/mol. The minimum Gasteiger partial charge on any atom is -0.351 e. The number of carbonyl (C=O) groups excluding carboxylic acids is 2. The Balaban J connectivity index is 1.56. The number of hydrogen-bond acceptors (Lipinski definition) is 4. The molecular weight excluding hydrogens is 414 g/mol. The molecule has 4 bridgehead atoms. The van der Waals surface area contributed by atoms with E-state index in [1.807, 2.05) is 0 Å². The van der Waals surface area contributed by atoms with E-state index in [1.165, 1.54) is 12.1 Å². The van der Waals surface area contributed by atoms with Gasteiger partial charge in [-0.2, -0.15) is 0 Å². The van der Waals surface area contributed by atoms with Crippen molar-refractivity contribution in [2.45, 2.75) is 82.2 Å². The first-order chi connectivity index (χ1) is 14.3. The maximum atomic E-state index is 13.5. The standard InChI is InChI=1S/C23H33N3O4S/c1-15(27)25-23-12-16-8-17(13-23)11-22(10-16,14-23)20(28)24-18-6-5-7-19(9-18)31(29,30)26-21(2,3)4/h5-7,9,16-17,26H,8,10-14H2,1-4H3,(H,24,28)(H,25,27). The molecule has 170 valence electrons. The number of anilines is 1. The molecule has 0 aromatic heterocycles. The van der Waals surface area contributed by atoms with E-state index in [-0.39, 0.29) is 22.2 Å². The SMILES string of the molecule is CC(=O)NC12CC3CC(C1)CC(C(=O)Nc1cccc(S(=O)(=O)NC(C)(C)C)c1)(C3)C2. The summed E-state index contributed by atoms with van der Waals surface area (Å²) in [5.74, 6) is 0.791. The molecule has 2 atom stereocenters. The van der Waals surface area contributed by atoms with Gasteiger partial charge in [-0.3, -0.25) is 9.59 Å². The number of rotatable bonds is 5. The number of carbonyl (C=O) groups is 2. The molecule has 4 aliphatic rings.